The molecule has 0 saturated heterocycles. The van der Waals surface area contributed by atoms with Crippen LogP contribution in [0, 0.1) is 5.82 Å². The van der Waals surface area contributed by atoms with E-state index in [0.717, 1.165) is 5.39 Å². The Kier molecular flexibility index (Phi) is 1.32. The third kappa shape index (κ3) is 0.886. The molecule has 0 aliphatic rings. The predicted molar refractivity (Wildman–Crippen MR) is 41.1 cm³/mol. The molecule has 0 radical (unpaired) electrons. The van der Waals surface area contributed by atoms with Crippen LogP contribution in [0.4, 0.5) is 4.39 Å². The molecule has 0 aliphatic carbocycles. The van der Waals surface area contributed by atoms with Crippen molar-refractivity contribution in [2.45, 2.75) is 0 Å². The van der Waals surface area contributed by atoms with Crippen LogP contribution in [0.15, 0.2) is 18.5 Å². The van der Waals surface area contributed by atoms with Crippen LogP contribution >= 0.6 is 11.6 Å². The van der Waals surface area contributed by atoms with Gasteiger partial charge in [0.05, 0.1) is 5.52 Å². The fourth-order valence-electron chi connectivity index (χ4n) is 0.965. The number of pyridine rings is 1. The highest BCUT2D eigenvalue weighted by atomic mass is 35.5. The number of nitrogens with one attached hydrogen (secondary N) is 1. The maximum atomic E-state index is 13.0. The van der Waals surface area contributed by atoms with Gasteiger partial charge in [0.1, 0.15) is 0 Å². The molecule has 0 spiro atoms. The molecule has 2 aromatic heterocycles. The highest BCUT2D eigenvalue weighted by Gasteiger charge is 2.06. The molecule has 0 fully saturated rings. The second kappa shape index (κ2) is 2.20. The third-order valence-corrected chi connectivity index (χ3v) is 1.76. The van der Waals surface area contributed by atoms with Gasteiger partial charge in [0.15, 0.2) is 11.0 Å². The Labute approximate surface area is 67.0 Å². The molecular formula is C7H4ClFN2. The Balaban J connectivity index is 2.93. The molecular weight excluding hydrogens is 167 g/mol. The zero-order valence-electron chi connectivity index (χ0n) is 5.44. The van der Waals surface area contributed by atoms with Crippen molar-refractivity contribution >= 4 is 22.5 Å². The Morgan fingerprint density at radius 3 is 3.18 bits per heavy atom. The first-order chi connectivity index (χ1) is 5.29. The van der Waals surface area contributed by atoms with Crippen molar-refractivity contribution in [2.24, 2.45) is 0 Å². The van der Waals surface area contributed by atoms with E-state index in [1.54, 1.807) is 12.3 Å². The molecule has 1 N–H and O–H groups in total. The van der Waals surface area contributed by atoms with E-state index in [0.29, 0.717) is 5.52 Å². The van der Waals surface area contributed by atoms with Crippen molar-refractivity contribution in [3.05, 3.63) is 29.4 Å². The van der Waals surface area contributed by atoms with Crippen molar-refractivity contribution in [1.82, 2.24) is 9.97 Å². The van der Waals surface area contributed by atoms with E-state index in [4.69, 9.17) is 11.6 Å². The van der Waals surface area contributed by atoms with Gasteiger partial charge in [0.25, 0.3) is 0 Å². The number of fused-ring (bicyclic) bond motifs is 1. The molecule has 2 rings (SSSR count). The summed E-state index contributed by atoms with van der Waals surface area (Å²) in [5.74, 6) is -0.492. The lowest BCUT2D eigenvalue weighted by atomic mass is 10.3. The number of halogens is 2. The molecule has 0 unspecified atom stereocenters. The number of nitrogens with zero attached hydrogens (tertiary/aromatic N) is 1. The topological polar surface area (TPSA) is 28.7 Å². The summed E-state index contributed by atoms with van der Waals surface area (Å²) in [7, 11) is 0. The summed E-state index contributed by atoms with van der Waals surface area (Å²) in [5, 5.41) is 0.631. The zero-order valence-corrected chi connectivity index (χ0v) is 6.19. The summed E-state index contributed by atoms with van der Waals surface area (Å²) >= 11 is 5.44. The minimum atomic E-state index is -0.492. The normalized spacial score (nSPS) is 10.7. The second-order valence-corrected chi connectivity index (χ2v) is 2.53. The first-order valence-electron chi connectivity index (χ1n) is 3.06. The van der Waals surface area contributed by atoms with E-state index in [-0.39, 0.29) is 5.15 Å². The molecule has 56 valence electrons. The average Bonchev–Trinajstić information content (AvgIpc) is 2.45. The smallest absolute Gasteiger partial charge is 0.184 e. The number of hydrogen-bond acceptors (Lipinski definition) is 1. The zero-order chi connectivity index (χ0) is 7.84. The standard InChI is InChI=1S/C7H4ClFN2/c8-7-5(9)6-4(3-11-7)1-2-10-6/h1-3,10H. The fourth-order valence-corrected chi connectivity index (χ4v) is 1.11. The second-order valence-electron chi connectivity index (χ2n) is 2.17. The van der Waals surface area contributed by atoms with Crippen LogP contribution < -0.4 is 0 Å². The summed E-state index contributed by atoms with van der Waals surface area (Å²) in [6, 6.07) is 1.74. The molecule has 0 amide bonds. The average molecular weight is 171 g/mol. The van der Waals surface area contributed by atoms with Crippen LogP contribution in [0.5, 0.6) is 0 Å². The summed E-state index contributed by atoms with van der Waals surface area (Å²) in [4.78, 5) is 6.38. The van der Waals surface area contributed by atoms with E-state index in [9.17, 15) is 4.39 Å². The highest BCUT2D eigenvalue weighted by molar-refractivity contribution is 6.30. The van der Waals surface area contributed by atoms with Crippen LogP contribution in [0.2, 0.25) is 5.15 Å². The summed E-state index contributed by atoms with van der Waals surface area (Å²) in [6.07, 6.45) is 3.17. The molecule has 2 heterocycles. The maximum absolute atomic E-state index is 13.0. The molecule has 0 aromatic carbocycles. The Morgan fingerprint density at radius 2 is 2.36 bits per heavy atom. The quantitative estimate of drug-likeness (QED) is 0.604. The van der Waals surface area contributed by atoms with Crippen LogP contribution in [0.1, 0.15) is 0 Å². The monoisotopic (exact) mass is 170 g/mol. The molecule has 11 heavy (non-hydrogen) atoms. The van der Waals surface area contributed by atoms with Gasteiger partial charge in [0.2, 0.25) is 0 Å². The van der Waals surface area contributed by atoms with Crippen molar-refractivity contribution in [3.63, 3.8) is 0 Å². The van der Waals surface area contributed by atoms with Gasteiger partial charge in [-0.2, -0.15) is 0 Å². The van der Waals surface area contributed by atoms with Crippen molar-refractivity contribution in [1.29, 1.82) is 0 Å². The number of hydrogen-bond donors (Lipinski definition) is 1. The van der Waals surface area contributed by atoms with Crippen molar-refractivity contribution in [2.75, 3.05) is 0 Å². The first-order valence-corrected chi connectivity index (χ1v) is 3.44. The van der Waals surface area contributed by atoms with Crippen LogP contribution in [-0.4, -0.2) is 9.97 Å². The largest absolute Gasteiger partial charge is 0.359 e. The number of aromatic amines is 1. The minimum absolute atomic E-state index is 0.0973. The maximum Gasteiger partial charge on any atom is 0.184 e. The van der Waals surface area contributed by atoms with Gasteiger partial charge in [-0.15, -0.1) is 0 Å². The van der Waals surface area contributed by atoms with Crippen molar-refractivity contribution in [3.8, 4) is 0 Å². The molecule has 2 aromatic rings. The lowest BCUT2D eigenvalue weighted by Crippen LogP contribution is -1.82. The van der Waals surface area contributed by atoms with Gasteiger partial charge in [0, 0.05) is 17.8 Å². The van der Waals surface area contributed by atoms with E-state index >= 15 is 0 Å². The van der Waals surface area contributed by atoms with Crippen LogP contribution in [0.3, 0.4) is 0 Å². The minimum Gasteiger partial charge on any atom is -0.359 e. The highest BCUT2D eigenvalue weighted by Crippen LogP contribution is 2.19. The number of H-pyrrole nitrogens is 1. The lowest BCUT2D eigenvalue weighted by molar-refractivity contribution is 0.632. The SMILES string of the molecule is Fc1c(Cl)ncc2cc[nH]c12. The summed E-state index contributed by atoms with van der Waals surface area (Å²) in [5.41, 5.74) is 0.407. The molecule has 0 bridgehead atoms. The lowest BCUT2D eigenvalue weighted by Gasteiger charge is -1.92. The Hall–Kier alpha value is -1.09. The van der Waals surface area contributed by atoms with E-state index in [1.165, 1.54) is 6.20 Å². The van der Waals surface area contributed by atoms with Gasteiger partial charge in [-0.25, -0.2) is 9.37 Å². The molecule has 4 heteroatoms. The molecule has 0 aliphatic heterocycles. The first kappa shape index (κ1) is 6.61. The van der Waals surface area contributed by atoms with Crippen molar-refractivity contribution < 1.29 is 4.39 Å². The number of aromatic nitrogens is 2. The van der Waals surface area contributed by atoms with Crippen LogP contribution in [-0.2, 0) is 0 Å². The van der Waals surface area contributed by atoms with E-state index < -0.39 is 5.82 Å². The van der Waals surface area contributed by atoms with Gasteiger partial charge in [-0.1, -0.05) is 11.6 Å². The Morgan fingerprint density at radius 1 is 1.55 bits per heavy atom. The Bertz CT molecular complexity index is 396. The molecule has 0 saturated carbocycles. The van der Waals surface area contributed by atoms with E-state index in [1.807, 2.05) is 0 Å². The van der Waals surface area contributed by atoms with Gasteiger partial charge < -0.3 is 4.98 Å². The fraction of sp³-hybridized carbons (Fsp3) is 0. The number of rotatable bonds is 0. The summed E-state index contributed by atoms with van der Waals surface area (Å²) in [6.45, 7) is 0. The van der Waals surface area contributed by atoms with Gasteiger partial charge in [-0.05, 0) is 6.07 Å². The molecule has 2 nitrogen and oxygen atoms in total. The summed E-state index contributed by atoms with van der Waals surface area (Å²) < 4.78 is 13.0. The third-order valence-electron chi connectivity index (χ3n) is 1.50. The predicted octanol–water partition coefficient (Wildman–Crippen LogP) is 2.36. The molecule has 0 atom stereocenters. The van der Waals surface area contributed by atoms with Gasteiger partial charge in [-0.3, -0.25) is 0 Å². The van der Waals surface area contributed by atoms with E-state index in [2.05, 4.69) is 9.97 Å². The van der Waals surface area contributed by atoms with Crippen LogP contribution in [0.25, 0.3) is 10.9 Å². The van der Waals surface area contributed by atoms with Gasteiger partial charge >= 0.3 is 0 Å².